The molecule has 0 heterocycles. The highest BCUT2D eigenvalue weighted by Gasteiger charge is 2.18. The van der Waals surface area contributed by atoms with Gasteiger partial charge in [-0.05, 0) is 31.2 Å². The van der Waals surface area contributed by atoms with Gasteiger partial charge in [-0.15, -0.1) is 0 Å². The van der Waals surface area contributed by atoms with E-state index in [0.29, 0.717) is 5.92 Å². The van der Waals surface area contributed by atoms with Crippen molar-refractivity contribution in [3.05, 3.63) is 35.4 Å². The minimum Gasteiger partial charge on any atom is -0.356 e. The van der Waals surface area contributed by atoms with Crippen molar-refractivity contribution in [3.63, 3.8) is 0 Å². The highest BCUT2D eigenvalue weighted by atomic mass is 16.2. The number of benzene rings is 1. The Balaban J connectivity index is 1.87. The van der Waals surface area contributed by atoms with E-state index in [1.54, 1.807) is 0 Å². The lowest BCUT2D eigenvalue weighted by atomic mass is 9.91. The molecule has 25 heavy (non-hydrogen) atoms. The maximum atomic E-state index is 12.4. The molecule has 1 aliphatic carbocycles. The molecule has 1 aromatic carbocycles. The summed E-state index contributed by atoms with van der Waals surface area (Å²) in [7, 11) is 0. The fourth-order valence-corrected chi connectivity index (χ4v) is 3.56. The van der Waals surface area contributed by atoms with Crippen molar-refractivity contribution < 1.29 is 9.59 Å². The molecule has 0 spiro atoms. The van der Waals surface area contributed by atoms with Crippen molar-refractivity contribution in [1.82, 2.24) is 10.6 Å². The van der Waals surface area contributed by atoms with Crippen LogP contribution in [0.15, 0.2) is 24.3 Å². The van der Waals surface area contributed by atoms with Gasteiger partial charge in [-0.1, -0.05) is 61.9 Å². The predicted molar refractivity (Wildman–Crippen MR) is 101 cm³/mol. The lowest BCUT2D eigenvalue weighted by Crippen LogP contribution is -2.34. The fourth-order valence-electron chi connectivity index (χ4n) is 3.56. The largest absolute Gasteiger partial charge is 0.356 e. The van der Waals surface area contributed by atoms with Gasteiger partial charge in [0, 0.05) is 13.5 Å². The molecule has 1 aliphatic rings. The Morgan fingerprint density at radius 1 is 1.04 bits per heavy atom. The molecule has 2 N–H and O–H groups in total. The third kappa shape index (κ3) is 7.29. The highest BCUT2D eigenvalue weighted by Crippen LogP contribution is 2.22. The van der Waals surface area contributed by atoms with Gasteiger partial charge in [-0.2, -0.15) is 0 Å². The van der Waals surface area contributed by atoms with Crippen molar-refractivity contribution in [1.29, 1.82) is 0 Å². The van der Waals surface area contributed by atoms with Crippen LogP contribution in [0.2, 0.25) is 0 Å². The molecule has 0 radical (unpaired) electrons. The van der Waals surface area contributed by atoms with Crippen molar-refractivity contribution in [3.8, 4) is 0 Å². The average Bonchev–Trinajstić information content (AvgIpc) is 2.53. The third-order valence-electron chi connectivity index (χ3n) is 5.06. The second kappa shape index (κ2) is 10.2. The fraction of sp³-hybridized carbons (Fsp3) is 0.619. The summed E-state index contributed by atoms with van der Waals surface area (Å²) < 4.78 is 0. The first-order valence-corrected chi connectivity index (χ1v) is 9.65. The molecule has 2 rings (SSSR count). The SMILES string of the molecule is CC(=O)N[C@H](CC(=O)NCC1CCCCCCC1)c1ccc(C)cc1. The third-order valence-corrected chi connectivity index (χ3v) is 5.06. The van der Waals surface area contributed by atoms with Gasteiger partial charge in [0.2, 0.25) is 11.8 Å². The van der Waals surface area contributed by atoms with Gasteiger partial charge in [0.05, 0.1) is 12.5 Å². The summed E-state index contributed by atoms with van der Waals surface area (Å²) in [5.74, 6) is 0.502. The van der Waals surface area contributed by atoms with Crippen LogP contribution in [-0.4, -0.2) is 18.4 Å². The Hall–Kier alpha value is -1.84. The molecule has 4 heteroatoms. The molecule has 2 amide bonds. The Morgan fingerprint density at radius 2 is 1.64 bits per heavy atom. The van der Waals surface area contributed by atoms with Crippen molar-refractivity contribution in [2.24, 2.45) is 5.92 Å². The molecule has 1 saturated carbocycles. The van der Waals surface area contributed by atoms with Crippen LogP contribution in [0.4, 0.5) is 0 Å². The number of nitrogens with one attached hydrogen (secondary N) is 2. The van der Waals surface area contributed by atoms with Gasteiger partial charge in [-0.3, -0.25) is 9.59 Å². The number of carbonyl (C=O) groups is 2. The molecule has 1 atom stereocenters. The minimum absolute atomic E-state index is 0.0152. The van der Waals surface area contributed by atoms with Crippen LogP contribution >= 0.6 is 0 Å². The molecule has 0 saturated heterocycles. The van der Waals surface area contributed by atoms with Crippen LogP contribution < -0.4 is 10.6 Å². The number of rotatable bonds is 6. The zero-order valence-electron chi connectivity index (χ0n) is 15.6. The Labute approximate surface area is 151 Å². The minimum atomic E-state index is -0.268. The standard InChI is InChI=1S/C21H32N2O2/c1-16-10-12-19(13-11-16)20(23-17(2)24)14-21(25)22-15-18-8-6-4-3-5-7-9-18/h10-13,18,20H,3-9,14-15H2,1-2H3,(H,22,25)(H,23,24)/t20-/m1/s1. The van der Waals surface area contributed by atoms with E-state index in [-0.39, 0.29) is 24.3 Å². The topological polar surface area (TPSA) is 58.2 Å². The summed E-state index contributed by atoms with van der Waals surface area (Å²) in [6.45, 7) is 4.28. The Morgan fingerprint density at radius 3 is 2.24 bits per heavy atom. The zero-order valence-corrected chi connectivity index (χ0v) is 15.6. The number of aryl methyl sites for hydroxylation is 1. The van der Waals surface area contributed by atoms with Crippen LogP contribution in [0.25, 0.3) is 0 Å². The van der Waals surface area contributed by atoms with Crippen LogP contribution in [-0.2, 0) is 9.59 Å². The molecule has 4 nitrogen and oxygen atoms in total. The second-order valence-corrected chi connectivity index (χ2v) is 7.38. The van der Waals surface area contributed by atoms with E-state index >= 15 is 0 Å². The van der Waals surface area contributed by atoms with Gasteiger partial charge < -0.3 is 10.6 Å². The van der Waals surface area contributed by atoms with Crippen LogP contribution in [0.5, 0.6) is 0 Å². The molecule has 1 aromatic rings. The Kier molecular flexibility index (Phi) is 7.96. The molecular weight excluding hydrogens is 312 g/mol. The summed E-state index contributed by atoms with van der Waals surface area (Å²) in [4.78, 5) is 23.9. The van der Waals surface area contributed by atoms with Gasteiger partial charge in [0.15, 0.2) is 0 Å². The molecule has 0 unspecified atom stereocenters. The summed E-state index contributed by atoms with van der Waals surface area (Å²) in [5, 5.41) is 6.00. The van der Waals surface area contributed by atoms with Crippen molar-refractivity contribution in [2.75, 3.05) is 6.54 Å². The van der Waals surface area contributed by atoms with Gasteiger partial charge in [-0.25, -0.2) is 0 Å². The van der Waals surface area contributed by atoms with E-state index in [1.165, 1.54) is 57.4 Å². The monoisotopic (exact) mass is 344 g/mol. The maximum absolute atomic E-state index is 12.4. The predicted octanol–water partition coefficient (Wildman–Crippen LogP) is 4.04. The van der Waals surface area contributed by atoms with Crippen molar-refractivity contribution in [2.45, 2.75) is 71.3 Å². The van der Waals surface area contributed by atoms with E-state index < -0.39 is 0 Å². The lowest BCUT2D eigenvalue weighted by molar-refractivity contribution is -0.123. The number of hydrogen-bond acceptors (Lipinski definition) is 2. The molecule has 138 valence electrons. The zero-order chi connectivity index (χ0) is 18.1. The first kappa shape index (κ1) is 19.5. The summed E-state index contributed by atoms with van der Waals surface area (Å²) in [5.41, 5.74) is 2.14. The van der Waals surface area contributed by atoms with Gasteiger partial charge in [0.25, 0.3) is 0 Å². The van der Waals surface area contributed by atoms with Crippen LogP contribution in [0.1, 0.15) is 75.5 Å². The second-order valence-electron chi connectivity index (χ2n) is 7.38. The molecule has 0 bridgehead atoms. The summed E-state index contributed by atoms with van der Waals surface area (Å²) in [6.07, 6.45) is 9.27. The van der Waals surface area contributed by atoms with Crippen molar-refractivity contribution >= 4 is 11.8 Å². The summed E-state index contributed by atoms with van der Waals surface area (Å²) in [6, 6.07) is 7.72. The molecule has 1 fully saturated rings. The summed E-state index contributed by atoms with van der Waals surface area (Å²) >= 11 is 0. The molecular formula is C21H32N2O2. The van der Waals surface area contributed by atoms with E-state index in [2.05, 4.69) is 10.6 Å². The van der Waals surface area contributed by atoms with E-state index in [1.807, 2.05) is 31.2 Å². The maximum Gasteiger partial charge on any atom is 0.222 e. The van der Waals surface area contributed by atoms with E-state index in [4.69, 9.17) is 0 Å². The smallest absolute Gasteiger partial charge is 0.222 e. The quantitative estimate of drug-likeness (QED) is 0.818. The van der Waals surface area contributed by atoms with Gasteiger partial charge in [0.1, 0.15) is 0 Å². The highest BCUT2D eigenvalue weighted by molar-refractivity contribution is 5.79. The first-order valence-electron chi connectivity index (χ1n) is 9.65. The average molecular weight is 344 g/mol. The normalized spacial score (nSPS) is 17.2. The van der Waals surface area contributed by atoms with Gasteiger partial charge >= 0.3 is 0 Å². The van der Waals surface area contributed by atoms with E-state index in [9.17, 15) is 9.59 Å². The lowest BCUT2D eigenvalue weighted by Gasteiger charge is -2.22. The molecule has 0 aliphatic heterocycles. The number of carbonyl (C=O) groups excluding carboxylic acids is 2. The Bertz CT molecular complexity index is 546. The first-order chi connectivity index (χ1) is 12.0. The number of hydrogen-bond donors (Lipinski definition) is 2. The van der Waals surface area contributed by atoms with E-state index in [0.717, 1.165) is 12.1 Å². The molecule has 0 aromatic heterocycles. The number of amides is 2. The van der Waals surface area contributed by atoms with Crippen LogP contribution in [0.3, 0.4) is 0 Å². The van der Waals surface area contributed by atoms with Crippen LogP contribution in [0, 0.1) is 12.8 Å².